The average Bonchev–Trinajstić information content (AvgIpc) is 2.38. The van der Waals surface area contributed by atoms with Crippen molar-refractivity contribution in [3.8, 4) is 0 Å². The summed E-state index contributed by atoms with van der Waals surface area (Å²) in [5.41, 5.74) is 1.07. The second-order valence-corrected chi connectivity index (χ2v) is 3.39. The number of nitrogens with zero attached hydrogens (tertiary/aromatic N) is 2. The first-order chi connectivity index (χ1) is 8.27. The molecule has 0 heterocycles. The van der Waals surface area contributed by atoms with Gasteiger partial charge in [-0.1, -0.05) is 36.4 Å². The minimum absolute atomic E-state index is 0.142. The van der Waals surface area contributed by atoms with Gasteiger partial charge >= 0.3 is 5.84 Å². The van der Waals surface area contributed by atoms with E-state index in [-0.39, 0.29) is 5.84 Å². The maximum Gasteiger partial charge on any atom is 0.371 e. The third kappa shape index (κ3) is 2.75. The average molecular weight is 226 g/mol. The van der Waals surface area contributed by atoms with Crippen LogP contribution in [0.5, 0.6) is 0 Å². The highest BCUT2D eigenvalue weighted by Gasteiger charge is 2.15. The summed E-state index contributed by atoms with van der Waals surface area (Å²) in [4.78, 5) is 14.6. The van der Waals surface area contributed by atoms with E-state index in [4.69, 9.17) is 0 Å². The lowest BCUT2D eigenvalue weighted by atomic mass is 10.2. The predicted octanol–water partition coefficient (Wildman–Crippen LogP) is 3.04. The Labute approximate surface area is 98.4 Å². The van der Waals surface area contributed by atoms with Crippen molar-refractivity contribution in [1.82, 2.24) is 0 Å². The van der Waals surface area contributed by atoms with Crippen LogP contribution in [0, 0.1) is 10.1 Å². The van der Waals surface area contributed by atoms with E-state index in [1.165, 1.54) is 0 Å². The second-order valence-electron chi connectivity index (χ2n) is 3.39. The molecule has 0 N–H and O–H groups in total. The van der Waals surface area contributed by atoms with E-state index >= 15 is 0 Å². The quantitative estimate of drug-likeness (QED) is 0.342. The minimum Gasteiger partial charge on any atom is -0.358 e. The molecular formula is C13H10N2O2. The Kier molecular flexibility index (Phi) is 3.25. The maximum atomic E-state index is 11.0. The summed E-state index contributed by atoms with van der Waals surface area (Å²) in [6, 6.07) is 17.5. The Balaban J connectivity index is 2.44. The smallest absolute Gasteiger partial charge is 0.358 e. The van der Waals surface area contributed by atoms with E-state index in [1.54, 1.807) is 48.5 Å². The summed E-state index contributed by atoms with van der Waals surface area (Å²) in [6.45, 7) is 0. The molecular weight excluding hydrogens is 216 g/mol. The molecule has 0 fully saturated rings. The number of nitro groups is 1. The fourth-order valence-electron chi connectivity index (χ4n) is 1.42. The van der Waals surface area contributed by atoms with Gasteiger partial charge in [0.15, 0.2) is 5.69 Å². The van der Waals surface area contributed by atoms with E-state index in [0.29, 0.717) is 11.3 Å². The molecule has 0 aliphatic heterocycles. The fourth-order valence-corrected chi connectivity index (χ4v) is 1.42. The summed E-state index contributed by atoms with van der Waals surface area (Å²) in [7, 11) is 0. The normalized spacial score (nSPS) is 11.2. The van der Waals surface area contributed by atoms with Gasteiger partial charge < -0.3 is 10.1 Å². The highest BCUT2D eigenvalue weighted by molar-refractivity contribution is 5.94. The predicted molar refractivity (Wildman–Crippen MR) is 66.1 cm³/mol. The van der Waals surface area contributed by atoms with Crippen molar-refractivity contribution in [1.29, 1.82) is 0 Å². The molecule has 2 rings (SSSR count). The summed E-state index contributed by atoms with van der Waals surface area (Å²) < 4.78 is 0. The number of amidine groups is 1. The molecule has 0 radical (unpaired) electrons. The first-order valence-electron chi connectivity index (χ1n) is 5.11. The van der Waals surface area contributed by atoms with Gasteiger partial charge in [-0.2, -0.15) is 0 Å². The van der Waals surface area contributed by atoms with Crippen LogP contribution in [0.4, 0.5) is 5.69 Å². The number of hydrogen-bond donors (Lipinski definition) is 0. The molecule has 0 aliphatic rings. The molecule has 4 nitrogen and oxygen atoms in total. The van der Waals surface area contributed by atoms with Crippen LogP contribution >= 0.6 is 0 Å². The summed E-state index contributed by atoms with van der Waals surface area (Å²) in [5, 5.41) is 11.0. The van der Waals surface area contributed by atoms with Crippen molar-refractivity contribution < 1.29 is 4.92 Å². The van der Waals surface area contributed by atoms with Crippen molar-refractivity contribution in [3.05, 3.63) is 76.3 Å². The number of benzene rings is 2. The van der Waals surface area contributed by atoms with Gasteiger partial charge in [-0.3, -0.25) is 0 Å². The SMILES string of the molecule is O=[N+]([O-])C(=Nc1ccccc1)c1ccccc1. The molecule has 0 saturated carbocycles. The van der Waals surface area contributed by atoms with Crippen LogP contribution in [0.3, 0.4) is 0 Å². The van der Waals surface area contributed by atoms with Crippen molar-refractivity contribution in [3.63, 3.8) is 0 Å². The van der Waals surface area contributed by atoms with Crippen molar-refractivity contribution >= 4 is 11.5 Å². The van der Waals surface area contributed by atoms with Gasteiger partial charge in [-0.15, -0.1) is 0 Å². The Bertz CT molecular complexity index is 536. The molecule has 0 spiro atoms. The van der Waals surface area contributed by atoms with Crippen molar-refractivity contribution in [2.75, 3.05) is 0 Å². The molecule has 4 heteroatoms. The van der Waals surface area contributed by atoms with E-state index in [9.17, 15) is 10.1 Å². The van der Waals surface area contributed by atoms with Gasteiger partial charge in [-0.25, -0.2) is 0 Å². The Morgan fingerprint density at radius 3 is 2.00 bits per heavy atom. The maximum absolute atomic E-state index is 11.0. The highest BCUT2D eigenvalue weighted by Crippen LogP contribution is 2.13. The van der Waals surface area contributed by atoms with E-state index < -0.39 is 4.92 Å². The zero-order chi connectivity index (χ0) is 12.1. The molecule has 0 saturated heterocycles. The third-order valence-electron chi connectivity index (χ3n) is 2.20. The molecule has 17 heavy (non-hydrogen) atoms. The third-order valence-corrected chi connectivity index (χ3v) is 2.20. The van der Waals surface area contributed by atoms with E-state index in [1.807, 2.05) is 12.1 Å². The lowest BCUT2D eigenvalue weighted by Crippen LogP contribution is -2.12. The first-order valence-corrected chi connectivity index (χ1v) is 5.11. The molecule has 0 unspecified atom stereocenters. The van der Waals surface area contributed by atoms with Gasteiger partial charge in [0.25, 0.3) is 0 Å². The van der Waals surface area contributed by atoms with Crippen LogP contribution in [0.2, 0.25) is 0 Å². The van der Waals surface area contributed by atoms with Crippen molar-refractivity contribution in [2.45, 2.75) is 0 Å². The Hall–Kier alpha value is -2.49. The molecule has 0 aromatic heterocycles. The van der Waals surface area contributed by atoms with Crippen molar-refractivity contribution in [2.24, 2.45) is 4.99 Å². The van der Waals surface area contributed by atoms with Crippen LogP contribution in [0.1, 0.15) is 5.56 Å². The molecule has 0 bridgehead atoms. The number of rotatable bonds is 2. The van der Waals surface area contributed by atoms with Crippen LogP contribution in [0.15, 0.2) is 65.7 Å². The van der Waals surface area contributed by atoms with Crippen LogP contribution in [-0.4, -0.2) is 10.8 Å². The zero-order valence-corrected chi connectivity index (χ0v) is 8.98. The molecule has 2 aromatic carbocycles. The van der Waals surface area contributed by atoms with E-state index in [2.05, 4.69) is 4.99 Å². The number of aliphatic imine (C=N–C) groups is 1. The fraction of sp³-hybridized carbons (Fsp3) is 0. The molecule has 0 atom stereocenters. The summed E-state index contributed by atoms with van der Waals surface area (Å²) in [5.74, 6) is -0.142. The molecule has 0 amide bonds. The van der Waals surface area contributed by atoms with Gasteiger partial charge in [0.2, 0.25) is 0 Å². The number of para-hydroxylation sites is 1. The molecule has 84 valence electrons. The second kappa shape index (κ2) is 5.03. The van der Waals surface area contributed by atoms with Gasteiger partial charge in [0.05, 0.1) is 5.56 Å². The molecule has 2 aromatic rings. The Morgan fingerprint density at radius 2 is 1.47 bits per heavy atom. The summed E-state index contributed by atoms with van der Waals surface area (Å²) >= 11 is 0. The van der Waals surface area contributed by atoms with Crippen LogP contribution in [0.25, 0.3) is 0 Å². The van der Waals surface area contributed by atoms with E-state index in [0.717, 1.165) is 0 Å². The standard InChI is InChI=1S/C13H10N2O2/c16-15(17)13(11-7-3-1-4-8-11)14-12-9-5-2-6-10-12/h1-10H. The lowest BCUT2D eigenvalue weighted by Gasteiger charge is -1.97. The van der Waals surface area contributed by atoms with Gasteiger partial charge in [-0.05, 0) is 34.2 Å². The summed E-state index contributed by atoms with van der Waals surface area (Å²) in [6.07, 6.45) is 0. The minimum atomic E-state index is -0.470. The Morgan fingerprint density at radius 1 is 0.941 bits per heavy atom. The molecule has 0 aliphatic carbocycles. The van der Waals surface area contributed by atoms with Gasteiger partial charge in [0.1, 0.15) is 0 Å². The topological polar surface area (TPSA) is 55.5 Å². The monoisotopic (exact) mass is 226 g/mol. The van der Waals surface area contributed by atoms with Crippen LogP contribution < -0.4 is 0 Å². The van der Waals surface area contributed by atoms with Crippen LogP contribution in [-0.2, 0) is 0 Å². The largest absolute Gasteiger partial charge is 0.371 e. The number of hydrogen-bond acceptors (Lipinski definition) is 3. The van der Waals surface area contributed by atoms with Gasteiger partial charge in [0, 0.05) is 0 Å². The highest BCUT2D eigenvalue weighted by atomic mass is 16.6. The first kappa shape index (κ1) is 11.0. The zero-order valence-electron chi connectivity index (χ0n) is 8.98. The lowest BCUT2D eigenvalue weighted by molar-refractivity contribution is -0.348.